The minimum atomic E-state index is -0.465. The normalized spacial score (nSPS) is 10.9. The van der Waals surface area contributed by atoms with Gasteiger partial charge in [0.15, 0.2) is 0 Å². The number of pyridine rings is 1. The van der Waals surface area contributed by atoms with E-state index in [-0.39, 0.29) is 5.56 Å². The number of nitrogens with zero attached hydrogens (tertiary/aromatic N) is 3. The number of halogens is 1. The monoisotopic (exact) mass is 331 g/mol. The second-order valence-electron chi connectivity index (χ2n) is 5.03. The summed E-state index contributed by atoms with van der Waals surface area (Å²) < 4.78 is 7.94. The number of ether oxygens (including phenoxy) is 1. The molecule has 0 N–H and O–H groups in total. The number of hydrogen-bond acceptors (Lipinski definition) is 4. The molecule has 7 heteroatoms. The lowest BCUT2D eigenvalue weighted by molar-refractivity contribution is 0.0601. The summed E-state index contributed by atoms with van der Waals surface area (Å²) in [6.07, 6.45) is 4.98. The summed E-state index contributed by atoms with van der Waals surface area (Å²) in [7, 11) is 1.31. The fourth-order valence-electron chi connectivity index (χ4n) is 2.37. The Morgan fingerprint density at radius 1 is 1.30 bits per heavy atom. The third-order valence-corrected chi connectivity index (χ3v) is 3.77. The molecule has 6 nitrogen and oxygen atoms in total. The van der Waals surface area contributed by atoms with Gasteiger partial charge in [0, 0.05) is 24.3 Å². The van der Waals surface area contributed by atoms with Crippen LogP contribution in [0.4, 0.5) is 0 Å². The lowest BCUT2D eigenvalue weighted by atomic mass is 10.1. The summed E-state index contributed by atoms with van der Waals surface area (Å²) in [5.41, 5.74) is 0.195. The van der Waals surface area contributed by atoms with E-state index >= 15 is 0 Å². The highest BCUT2D eigenvalue weighted by Crippen LogP contribution is 2.13. The Morgan fingerprint density at radius 3 is 2.83 bits per heavy atom. The van der Waals surface area contributed by atoms with Gasteiger partial charge in [-0.15, -0.1) is 0 Å². The molecule has 0 bridgehead atoms. The van der Waals surface area contributed by atoms with E-state index in [1.54, 1.807) is 46.0 Å². The number of carbonyl (C=O) groups excluding carboxylic acids is 1. The maximum atomic E-state index is 12.6. The van der Waals surface area contributed by atoms with Crippen LogP contribution in [0.3, 0.4) is 0 Å². The SMILES string of the molecule is COC(=O)c1ccc2ccn(CCn3cc(Cl)cn3)c(=O)c2c1. The van der Waals surface area contributed by atoms with Crippen molar-refractivity contribution in [1.82, 2.24) is 14.3 Å². The van der Waals surface area contributed by atoms with Gasteiger partial charge in [-0.05, 0) is 23.6 Å². The number of carbonyl (C=O) groups is 1. The van der Waals surface area contributed by atoms with Crippen molar-refractivity contribution >= 4 is 28.3 Å². The summed E-state index contributed by atoms with van der Waals surface area (Å²) in [4.78, 5) is 24.2. The zero-order chi connectivity index (χ0) is 16.4. The van der Waals surface area contributed by atoms with Crippen LogP contribution in [0.25, 0.3) is 10.8 Å². The minimum Gasteiger partial charge on any atom is -0.465 e. The van der Waals surface area contributed by atoms with Gasteiger partial charge < -0.3 is 9.30 Å². The Balaban J connectivity index is 1.93. The summed E-state index contributed by atoms with van der Waals surface area (Å²) >= 11 is 5.82. The molecular formula is C16H14ClN3O3. The molecule has 3 aromatic rings. The molecule has 118 valence electrons. The van der Waals surface area contributed by atoms with Crippen LogP contribution in [0.1, 0.15) is 10.4 Å². The molecule has 3 rings (SSSR count). The van der Waals surface area contributed by atoms with Crippen molar-refractivity contribution in [2.45, 2.75) is 13.1 Å². The van der Waals surface area contributed by atoms with Crippen LogP contribution in [-0.2, 0) is 17.8 Å². The molecule has 0 aliphatic rings. The number of esters is 1. The van der Waals surface area contributed by atoms with Gasteiger partial charge >= 0.3 is 5.97 Å². The Bertz CT molecular complexity index is 930. The maximum absolute atomic E-state index is 12.6. The molecule has 0 saturated heterocycles. The first-order chi connectivity index (χ1) is 11.1. The molecule has 23 heavy (non-hydrogen) atoms. The lowest BCUT2D eigenvalue weighted by Crippen LogP contribution is -2.22. The van der Waals surface area contributed by atoms with Gasteiger partial charge in [0.1, 0.15) is 0 Å². The van der Waals surface area contributed by atoms with E-state index in [0.29, 0.717) is 29.1 Å². The van der Waals surface area contributed by atoms with Crippen LogP contribution in [0, 0.1) is 0 Å². The molecule has 2 aromatic heterocycles. The molecule has 0 atom stereocenters. The predicted octanol–water partition coefficient (Wildman–Crippen LogP) is 2.34. The van der Waals surface area contributed by atoms with Crippen LogP contribution >= 0.6 is 11.6 Å². The van der Waals surface area contributed by atoms with Gasteiger partial charge in [-0.25, -0.2) is 4.79 Å². The van der Waals surface area contributed by atoms with Crippen molar-refractivity contribution in [2.75, 3.05) is 7.11 Å². The second kappa shape index (κ2) is 6.26. The van der Waals surface area contributed by atoms with Crippen molar-refractivity contribution in [1.29, 1.82) is 0 Å². The zero-order valence-electron chi connectivity index (χ0n) is 12.4. The van der Waals surface area contributed by atoms with Crippen LogP contribution in [0.5, 0.6) is 0 Å². The second-order valence-corrected chi connectivity index (χ2v) is 5.47. The molecule has 0 aliphatic carbocycles. The average molecular weight is 332 g/mol. The zero-order valence-corrected chi connectivity index (χ0v) is 13.2. The van der Waals surface area contributed by atoms with E-state index < -0.39 is 5.97 Å². The van der Waals surface area contributed by atoms with E-state index in [1.807, 2.05) is 6.07 Å². The molecule has 0 aliphatic heterocycles. The summed E-state index contributed by atoms with van der Waals surface area (Å²) in [5, 5.41) is 5.89. The van der Waals surface area contributed by atoms with Gasteiger partial charge in [-0.2, -0.15) is 5.10 Å². The number of methoxy groups -OCH3 is 1. The predicted molar refractivity (Wildman–Crippen MR) is 86.8 cm³/mol. The topological polar surface area (TPSA) is 66.1 Å². The standard InChI is InChI=1S/C16H14ClN3O3/c1-23-16(22)12-3-2-11-4-5-19(15(21)14(11)8-12)6-7-20-10-13(17)9-18-20/h2-5,8-10H,6-7H2,1H3. The van der Waals surface area contributed by atoms with Crippen molar-refractivity contribution in [3.05, 3.63) is 63.8 Å². The van der Waals surface area contributed by atoms with Crippen molar-refractivity contribution < 1.29 is 9.53 Å². The summed E-state index contributed by atoms with van der Waals surface area (Å²) in [5.74, 6) is -0.465. The number of benzene rings is 1. The summed E-state index contributed by atoms with van der Waals surface area (Å²) in [6, 6.07) is 6.78. The van der Waals surface area contributed by atoms with Gasteiger partial charge in [0.05, 0.1) is 30.4 Å². The molecule has 0 spiro atoms. The van der Waals surface area contributed by atoms with Crippen LogP contribution < -0.4 is 5.56 Å². The Kier molecular flexibility index (Phi) is 4.16. The third-order valence-electron chi connectivity index (χ3n) is 3.57. The number of rotatable bonds is 4. The Morgan fingerprint density at radius 2 is 2.13 bits per heavy atom. The smallest absolute Gasteiger partial charge is 0.337 e. The molecule has 0 saturated carbocycles. The number of aryl methyl sites for hydroxylation is 2. The molecule has 0 unspecified atom stereocenters. The number of aromatic nitrogens is 3. The molecule has 0 radical (unpaired) electrons. The highest BCUT2D eigenvalue weighted by molar-refractivity contribution is 6.30. The Hall–Kier alpha value is -2.60. The first kappa shape index (κ1) is 15.3. The highest BCUT2D eigenvalue weighted by Gasteiger charge is 2.09. The van der Waals surface area contributed by atoms with E-state index in [9.17, 15) is 9.59 Å². The molecule has 0 amide bonds. The first-order valence-electron chi connectivity index (χ1n) is 6.98. The molecule has 2 heterocycles. The van der Waals surface area contributed by atoms with Crippen LogP contribution in [-0.4, -0.2) is 27.4 Å². The van der Waals surface area contributed by atoms with Crippen molar-refractivity contribution in [3.63, 3.8) is 0 Å². The van der Waals surface area contributed by atoms with Crippen LogP contribution in [0.2, 0.25) is 5.02 Å². The van der Waals surface area contributed by atoms with Crippen molar-refractivity contribution in [3.8, 4) is 0 Å². The number of fused-ring (bicyclic) bond motifs is 1. The van der Waals surface area contributed by atoms with Crippen LogP contribution in [0.15, 0.2) is 47.7 Å². The van der Waals surface area contributed by atoms with E-state index in [1.165, 1.54) is 7.11 Å². The van der Waals surface area contributed by atoms with E-state index in [4.69, 9.17) is 16.3 Å². The molecule has 1 aromatic carbocycles. The lowest BCUT2D eigenvalue weighted by Gasteiger charge is -2.08. The number of hydrogen-bond donors (Lipinski definition) is 0. The summed E-state index contributed by atoms with van der Waals surface area (Å²) in [6.45, 7) is 0.976. The van der Waals surface area contributed by atoms with E-state index in [0.717, 1.165) is 5.39 Å². The van der Waals surface area contributed by atoms with Gasteiger partial charge in [0.25, 0.3) is 5.56 Å². The van der Waals surface area contributed by atoms with Crippen molar-refractivity contribution in [2.24, 2.45) is 0 Å². The highest BCUT2D eigenvalue weighted by atomic mass is 35.5. The van der Waals surface area contributed by atoms with Gasteiger partial charge in [-0.3, -0.25) is 9.48 Å². The molecule has 0 fully saturated rings. The molecular weight excluding hydrogens is 318 g/mol. The maximum Gasteiger partial charge on any atom is 0.337 e. The Labute approximate surface area is 136 Å². The average Bonchev–Trinajstić information content (AvgIpc) is 2.99. The first-order valence-corrected chi connectivity index (χ1v) is 7.36. The fraction of sp³-hybridized carbons (Fsp3) is 0.188. The van der Waals surface area contributed by atoms with Gasteiger partial charge in [-0.1, -0.05) is 17.7 Å². The minimum absolute atomic E-state index is 0.161. The van der Waals surface area contributed by atoms with Gasteiger partial charge in [0.2, 0.25) is 0 Å². The third kappa shape index (κ3) is 3.12. The quantitative estimate of drug-likeness (QED) is 0.688. The fourth-order valence-corrected chi connectivity index (χ4v) is 2.53. The van der Waals surface area contributed by atoms with E-state index in [2.05, 4.69) is 5.10 Å². The largest absolute Gasteiger partial charge is 0.465 e.